The minimum atomic E-state index is 0.798. The fourth-order valence-corrected chi connectivity index (χ4v) is 4.62. The standard InChI is InChI=1S/C22H23N3S/c23-17-19-16-20-21(9-4-10-22(20)26-19)25-14-12-24(13-15-25)11-5-8-18-6-2-1-3-7-18/h1-4,6-7,9-10,16H,5,8,11-15H2. The molecule has 1 saturated heterocycles. The van der Waals surface area contributed by atoms with Crippen molar-refractivity contribution in [2.75, 3.05) is 37.6 Å². The van der Waals surface area contributed by atoms with E-state index in [1.807, 2.05) is 6.07 Å². The third kappa shape index (κ3) is 3.75. The van der Waals surface area contributed by atoms with Gasteiger partial charge in [0, 0.05) is 42.0 Å². The first-order valence-corrected chi connectivity index (χ1v) is 10.1. The van der Waals surface area contributed by atoms with Crippen LogP contribution in [0.5, 0.6) is 0 Å². The second-order valence-corrected chi connectivity index (χ2v) is 7.91. The number of nitrogens with zero attached hydrogens (tertiary/aromatic N) is 3. The van der Waals surface area contributed by atoms with E-state index in [9.17, 15) is 5.26 Å². The van der Waals surface area contributed by atoms with E-state index in [0.29, 0.717) is 0 Å². The molecule has 26 heavy (non-hydrogen) atoms. The highest BCUT2D eigenvalue weighted by Crippen LogP contribution is 2.33. The fraction of sp³-hybridized carbons (Fsp3) is 0.318. The van der Waals surface area contributed by atoms with Crippen LogP contribution >= 0.6 is 11.3 Å². The molecular formula is C22H23N3S. The van der Waals surface area contributed by atoms with Crippen molar-refractivity contribution in [3.63, 3.8) is 0 Å². The van der Waals surface area contributed by atoms with Crippen LogP contribution in [0.15, 0.2) is 54.6 Å². The van der Waals surface area contributed by atoms with Crippen LogP contribution in [0.1, 0.15) is 16.9 Å². The van der Waals surface area contributed by atoms with E-state index in [0.717, 1.165) is 37.5 Å². The molecule has 0 atom stereocenters. The van der Waals surface area contributed by atoms with Crippen molar-refractivity contribution in [3.8, 4) is 6.07 Å². The molecule has 1 fully saturated rings. The lowest BCUT2D eigenvalue weighted by molar-refractivity contribution is 0.255. The van der Waals surface area contributed by atoms with Crippen molar-refractivity contribution in [2.45, 2.75) is 12.8 Å². The average molecular weight is 362 g/mol. The zero-order valence-electron chi connectivity index (χ0n) is 14.9. The minimum absolute atomic E-state index is 0.798. The first-order valence-electron chi connectivity index (χ1n) is 9.27. The molecular weight excluding hydrogens is 338 g/mol. The van der Waals surface area contributed by atoms with Gasteiger partial charge in [0.1, 0.15) is 10.9 Å². The fourth-order valence-electron chi connectivity index (χ4n) is 3.74. The Morgan fingerprint density at radius 3 is 2.54 bits per heavy atom. The van der Waals surface area contributed by atoms with E-state index in [2.05, 4.69) is 64.4 Å². The van der Waals surface area contributed by atoms with Crippen molar-refractivity contribution >= 4 is 27.1 Å². The molecule has 132 valence electrons. The number of piperazine rings is 1. The van der Waals surface area contributed by atoms with Crippen LogP contribution < -0.4 is 4.90 Å². The van der Waals surface area contributed by atoms with E-state index in [1.165, 1.54) is 34.3 Å². The van der Waals surface area contributed by atoms with Crippen LogP contribution in [-0.2, 0) is 6.42 Å². The molecule has 4 heteroatoms. The third-order valence-corrected chi connectivity index (χ3v) is 6.15. The monoisotopic (exact) mass is 361 g/mol. The number of aryl methyl sites for hydroxylation is 1. The van der Waals surface area contributed by atoms with Gasteiger partial charge in [-0.3, -0.25) is 4.90 Å². The molecule has 2 heterocycles. The number of anilines is 1. The van der Waals surface area contributed by atoms with Gasteiger partial charge < -0.3 is 4.90 Å². The predicted octanol–water partition coefficient (Wildman–Crippen LogP) is 4.53. The number of benzene rings is 2. The van der Waals surface area contributed by atoms with Crippen LogP contribution in [0.2, 0.25) is 0 Å². The van der Waals surface area contributed by atoms with Gasteiger partial charge in [0.25, 0.3) is 0 Å². The third-order valence-electron chi connectivity index (χ3n) is 5.14. The zero-order valence-corrected chi connectivity index (χ0v) is 15.7. The predicted molar refractivity (Wildman–Crippen MR) is 110 cm³/mol. The van der Waals surface area contributed by atoms with Gasteiger partial charge in [0.05, 0.1) is 0 Å². The second-order valence-electron chi connectivity index (χ2n) is 6.83. The van der Waals surface area contributed by atoms with Crippen molar-refractivity contribution in [2.24, 2.45) is 0 Å². The van der Waals surface area contributed by atoms with Crippen molar-refractivity contribution < 1.29 is 0 Å². The Labute approximate surface area is 159 Å². The Morgan fingerprint density at radius 2 is 1.77 bits per heavy atom. The maximum Gasteiger partial charge on any atom is 0.110 e. The minimum Gasteiger partial charge on any atom is -0.368 e. The Balaban J connectivity index is 1.34. The largest absolute Gasteiger partial charge is 0.368 e. The van der Waals surface area contributed by atoms with Gasteiger partial charge in [-0.25, -0.2) is 0 Å². The number of nitriles is 1. The van der Waals surface area contributed by atoms with Crippen LogP contribution in [0.3, 0.4) is 0 Å². The highest BCUT2D eigenvalue weighted by atomic mass is 32.1. The highest BCUT2D eigenvalue weighted by Gasteiger charge is 2.19. The lowest BCUT2D eigenvalue weighted by Gasteiger charge is -2.36. The van der Waals surface area contributed by atoms with Gasteiger partial charge in [-0.05, 0) is 43.1 Å². The Kier molecular flexibility index (Phi) is 5.19. The van der Waals surface area contributed by atoms with Crippen LogP contribution in [0.25, 0.3) is 10.1 Å². The van der Waals surface area contributed by atoms with E-state index >= 15 is 0 Å². The average Bonchev–Trinajstić information content (AvgIpc) is 3.13. The molecule has 4 rings (SSSR count). The molecule has 1 aliphatic heterocycles. The van der Waals surface area contributed by atoms with Crippen molar-refractivity contribution in [1.82, 2.24) is 4.90 Å². The number of fused-ring (bicyclic) bond motifs is 1. The highest BCUT2D eigenvalue weighted by molar-refractivity contribution is 7.19. The molecule has 0 unspecified atom stereocenters. The molecule has 0 radical (unpaired) electrons. The van der Waals surface area contributed by atoms with Gasteiger partial charge in [-0.1, -0.05) is 36.4 Å². The van der Waals surface area contributed by atoms with Crippen LogP contribution in [0, 0.1) is 11.3 Å². The van der Waals surface area contributed by atoms with Crippen LogP contribution in [0.4, 0.5) is 5.69 Å². The molecule has 0 bridgehead atoms. The quantitative estimate of drug-likeness (QED) is 0.669. The van der Waals surface area contributed by atoms with Gasteiger partial charge in [-0.2, -0.15) is 5.26 Å². The Bertz CT molecular complexity index is 902. The molecule has 0 amide bonds. The van der Waals surface area contributed by atoms with E-state index in [4.69, 9.17) is 0 Å². The summed E-state index contributed by atoms with van der Waals surface area (Å²) in [5.74, 6) is 0. The summed E-state index contributed by atoms with van der Waals surface area (Å²) in [4.78, 5) is 5.85. The lowest BCUT2D eigenvalue weighted by Crippen LogP contribution is -2.46. The topological polar surface area (TPSA) is 30.3 Å². The van der Waals surface area contributed by atoms with Gasteiger partial charge >= 0.3 is 0 Å². The molecule has 3 nitrogen and oxygen atoms in total. The number of thiophene rings is 1. The molecule has 3 aromatic rings. The van der Waals surface area contributed by atoms with Crippen LogP contribution in [-0.4, -0.2) is 37.6 Å². The van der Waals surface area contributed by atoms with E-state index in [-0.39, 0.29) is 0 Å². The summed E-state index contributed by atoms with van der Waals surface area (Å²) in [6.07, 6.45) is 2.38. The lowest BCUT2D eigenvalue weighted by atomic mass is 10.1. The summed E-state index contributed by atoms with van der Waals surface area (Å²) >= 11 is 1.59. The zero-order chi connectivity index (χ0) is 17.8. The summed E-state index contributed by atoms with van der Waals surface area (Å²) in [7, 11) is 0. The maximum atomic E-state index is 9.18. The summed E-state index contributed by atoms with van der Waals surface area (Å²) in [5.41, 5.74) is 2.72. The smallest absolute Gasteiger partial charge is 0.110 e. The van der Waals surface area contributed by atoms with E-state index < -0.39 is 0 Å². The number of rotatable bonds is 5. The Hall–Kier alpha value is -2.35. The molecule has 0 aliphatic carbocycles. The summed E-state index contributed by atoms with van der Waals surface area (Å²) in [6, 6.07) is 21.5. The molecule has 0 N–H and O–H groups in total. The molecule has 2 aromatic carbocycles. The first kappa shape index (κ1) is 17.1. The maximum absolute atomic E-state index is 9.18. The molecule has 0 saturated carbocycles. The molecule has 1 aromatic heterocycles. The second kappa shape index (κ2) is 7.90. The molecule has 0 spiro atoms. The number of hydrogen-bond acceptors (Lipinski definition) is 4. The number of hydrogen-bond donors (Lipinski definition) is 0. The summed E-state index contributed by atoms with van der Waals surface area (Å²) in [6.45, 7) is 5.51. The summed E-state index contributed by atoms with van der Waals surface area (Å²) in [5, 5.41) is 10.4. The SMILES string of the molecule is N#Cc1cc2c(N3CCN(CCCc4ccccc4)CC3)cccc2s1. The first-order chi connectivity index (χ1) is 12.8. The van der Waals surface area contributed by atoms with Crippen molar-refractivity contribution in [3.05, 3.63) is 65.0 Å². The van der Waals surface area contributed by atoms with Gasteiger partial charge in [-0.15, -0.1) is 11.3 Å². The van der Waals surface area contributed by atoms with E-state index in [1.54, 1.807) is 11.3 Å². The normalized spacial score (nSPS) is 15.3. The van der Waals surface area contributed by atoms with Gasteiger partial charge in [0.2, 0.25) is 0 Å². The van der Waals surface area contributed by atoms with Crippen molar-refractivity contribution in [1.29, 1.82) is 5.26 Å². The van der Waals surface area contributed by atoms with Gasteiger partial charge in [0.15, 0.2) is 0 Å². The Morgan fingerprint density at radius 1 is 0.962 bits per heavy atom. The summed E-state index contributed by atoms with van der Waals surface area (Å²) < 4.78 is 1.21. The molecule has 1 aliphatic rings.